The number of aliphatic imine (C=N–C) groups is 1. The van der Waals surface area contributed by atoms with Crippen molar-refractivity contribution in [3.63, 3.8) is 0 Å². The Bertz CT molecular complexity index is 3600. The first kappa shape index (κ1) is 88.4. The minimum atomic E-state index is -1.91. The molecule has 40 heteroatoms. The molecule has 608 valence electrons. The second-order valence-electron chi connectivity index (χ2n) is 28.2. The van der Waals surface area contributed by atoms with Crippen molar-refractivity contribution in [2.45, 2.75) is 235 Å². The monoisotopic (exact) mass is 1550 g/mol. The van der Waals surface area contributed by atoms with Crippen LogP contribution in [0, 0.1) is 11.8 Å². The first-order valence-corrected chi connectivity index (χ1v) is 37.4. The Labute approximate surface area is 636 Å². The van der Waals surface area contributed by atoms with Crippen LogP contribution in [0.15, 0.2) is 41.5 Å². The van der Waals surface area contributed by atoms with E-state index in [4.69, 9.17) is 22.9 Å². The number of amides is 13. The Balaban J connectivity index is 1.47. The lowest BCUT2D eigenvalue weighted by molar-refractivity contribution is -0.149. The number of fused-ring (bicyclic) bond motifs is 4. The number of aliphatic carboxylic acids is 2. The molecule has 4 aliphatic heterocycles. The third-order valence-corrected chi connectivity index (χ3v) is 20.1. The number of aliphatic hydroxyl groups is 2. The number of carboxylic acid groups (broad SMARTS) is 2. The van der Waals surface area contributed by atoms with Crippen molar-refractivity contribution in [3.8, 4) is 0 Å². The minimum absolute atomic E-state index is 0.00177. The fraction of sp³-hybridized carbons (Fsp3) is 0.657. The summed E-state index contributed by atoms with van der Waals surface area (Å²) in [5.74, 6) is -16.6. The van der Waals surface area contributed by atoms with E-state index in [9.17, 15) is 78.0 Å². The second-order valence-corrected chi connectivity index (χ2v) is 28.2. The van der Waals surface area contributed by atoms with Gasteiger partial charge in [-0.2, -0.15) is 0 Å². The molecule has 6 rings (SSSR count). The SMILES string of the molecule is CC[C@H](C)[C@@H]1NC(=O)[C@@H]2CCCN2C(=O)[C@@H]2CCCN2C(=O)[C@H]([C@@H](C)CC)NC(=O)C(CO)NC(=O)[C@H](CCCCN)NC(=O)C([C@@H](C)O)NC(=O)C(NC(=O)[C@H](CCCN=C(N)N)NC(=O)CN)CCn2cc(nn2)C[C@@H](C(=O)N[C@@H](Cc2ccccc2)C(=O)N2CCC[C@H]2C(=O)N[C@@H](CC(=O)O)C(=O)O)NC1=O. The van der Waals surface area contributed by atoms with Crippen LogP contribution < -0.4 is 76.1 Å². The van der Waals surface area contributed by atoms with Gasteiger partial charge in [-0.3, -0.25) is 76.8 Å². The Morgan fingerprint density at radius 2 is 1.25 bits per heavy atom. The number of benzene rings is 1. The smallest absolute Gasteiger partial charge is 0.326 e. The van der Waals surface area contributed by atoms with Crippen LogP contribution in [-0.4, -0.2) is 275 Å². The second kappa shape index (κ2) is 43.1. The summed E-state index contributed by atoms with van der Waals surface area (Å²) < 4.78 is 1.18. The average molecular weight is 1550 g/mol. The lowest BCUT2D eigenvalue weighted by Crippen LogP contribution is -2.62. The van der Waals surface area contributed by atoms with Crippen LogP contribution in [0.4, 0.5) is 0 Å². The third-order valence-electron chi connectivity index (χ3n) is 20.1. The van der Waals surface area contributed by atoms with E-state index in [1.807, 2.05) is 0 Å². The lowest BCUT2D eigenvalue weighted by atomic mass is 9.96. The van der Waals surface area contributed by atoms with E-state index >= 15 is 14.4 Å². The van der Waals surface area contributed by atoms with Crippen molar-refractivity contribution < 1.29 is 92.3 Å². The minimum Gasteiger partial charge on any atom is -0.481 e. The Kier molecular flexibility index (Phi) is 34.6. The molecule has 3 fully saturated rings. The van der Waals surface area contributed by atoms with Crippen LogP contribution in [0.25, 0.3) is 0 Å². The molecule has 40 nitrogen and oxygen atoms in total. The van der Waals surface area contributed by atoms with Crippen molar-refractivity contribution in [3.05, 3.63) is 47.8 Å². The molecular weight excluding hydrogens is 1440 g/mol. The van der Waals surface area contributed by atoms with E-state index in [1.165, 1.54) is 20.7 Å². The van der Waals surface area contributed by atoms with E-state index < -0.39 is 218 Å². The number of carbonyl (C=O) groups excluding carboxylic acids is 13. The lowest BCUT2D eigenvalue weighted by Gasteiger charge is -2.35. The number of aliphatic hydroxyl groups excluding tert-OH is 2. The van der Waals surface area contributed by atoms with Gasteiger partial charge in [0, 0.05) is 51.8 Å². The quantitative estimate of drug-likeness (QED) is 0.0214. The van der Waals surface area contributed by atoms with E-state index in [2.05, 4.69) is 68.5 Å². The van der Waals surface area contributed by atoms with E-state index in [1.54, 1.807) is 58.0 Å². The molecule has 0 spiro atoms. The summed E-state index contributed by atoms with van der Waals surface area (Å²) in [6.45, 7) is 6.22. The molecule has 22 N–H and O–H groups in total. The molecule has 0 radical (unpaired) electrons. The van der Waals surface area contributed by atoms with Gasteiger partial charge in [-0.05, 0) is 108 Å². The number of unbranched alkanes of at least 4 members (excludes halogenated alkanes) is 1. The van der Waals surface area contributed by atoms with Crippen LogP contribution >= 0.6 is 0 Å². The Morgan fingerprint density at radius 1 is 0.645 bits per heavy atom. The molecule has 4 aliphatic rings. The molecule has 5 heterocycles. The van der Waals surface area contributed by atoms with Gasteiger partial charge in [0.25, 0.3) is 0 Å². The molecule has 2 bridgehead atoms. The van der Waals surface area contributed by atoms with Gasteiger partial charge in [0.1, 0.15) is 78.5 Å². The molecule has 13 amide bonds. The zero-order valence-corrected chi connectivity index (χ0v) is 62.7. The average Bonchev–Trinajstić information content (AvgIpc) is 1.60. The maximum absolute atomic E-state index is 15.4. The van der Waals surface area contributed by atoms with Gasteiger partial charge >= 0.3 is 11.9 Å². The van der Waals surface area contributed by atoms with Crippen molar-refractivity contribution >= 4 is 94.7 Å². The van der Waals surface area contributed by atoms with E-state index in [-0.39, 0.29) is 115 Å². The molecule has 2 aromatic rings. The number of hydrogen-bond acceptors (Lipinski definition) is 22. The molecule has 3 saturated heterocycles. The fourth-order valence-electron chi connectivity index (χ4n) is 13.5. The molecule has 0 aliphatic carbocycles. The number of carbonyl (C=O) groups is 15. The molecule has 0 saturated carbocycles. The van der Waals surface area contributed by atoms with Crippen LogP contribution in [0.3, 0.4) is 0 Å². The summed E-state index contributed by atoms with van der Waals surface area (Å²) in [6, 6.07) is -11.5. The van der Waals surface area contributed by atoms with Crippen molar-refractivity contribution in [1.82, 2.24) is 82.9 Å². The number of likely N-dealkylation sites (tertiary alicyclic amines) is 1. The Morgan fingerprint density at radius 3 is 1.88 bits per heavy atom. The van der Waals surface area contributed by atoms with Crippen molar-refractivity contribution in [2.24, 2.45) is 39.8 Å². The number of nitrogens with zero attached hydrogens (tertiary/aromatic N) is 7. The highest BCUT2D eigenvalue weighted by Crippen LogP contribution is 2.28. The van der Waals surface area contributed by atoms with Gasteiger partial charge in [0.15, 0.2) is 5.96 Å². The highest BCUT2D eigenvalue weighted by atomic mass is 16.4. The first-order valence-electron chi connectivity index (χ1n) is 37.4. The predicted molar refractivity (Wildman–Crippen MR) is 391 cm³/mol. The van der Waals surface area contributed by atoms with Gasteiger partial charge in [-0.1, -0.05) is 76.1 Å². The number of nitrogens with one attached hydrogen (secondary N) is 10. The zero-order chi connectivity index (χ0) is 81.1. The summed E-state index contributed by atoms with van der Waals surface area (Å²) in [6.07, 6.45) is -0.511. The number of nitrogens with two attached hydrogens (primary N) is 4. The maximum atomic E-state index is 15.4. The van der Waals surface area contributed by atoms with Crippen molar-refractivity contribution in [2.75, 3.05) is 45.9 Å². The molecule has 16 atom stereocenters. The summed E-state index contributed by atoms with van der Waals surface area (Å²) in [4.78, 5) is 221. The highest BCUT2D eigenvalue weighted by Gasteiger charge is 2.47. The van der Waals surface area contributed by atoms with Crippen LogP contribution in [-0.2, 0) is 91.3 Å². The van der Waals surface area contributed by atoms with E-state index in [0.29, 0.717) is 31.2 Å². The number of hydrogen-bond donors (Lipinski definition) is 18. The van der Waals surface area contributed by atoms with E-state index in [0.717, 1.165) is 11.8 Å². The summed E-state index contributed by atoms with van der Waals surface area (Å²) in [5.41, 5.74) is 22.9. The summed E-state index contributed by atoms with van der Waals surface area (Å²) in [7, 11) is 0. The first-order chi connectivity index (χ1) is 52.3. The number of aryl methyl sites for hydroxylation is 1. The normalized spacial score (nSPS) is 24.6. The number of rotatable bonds is 28. The fourth-order valence-corrected chi connectivity index (χ4v) is 13.5. The van der Waals surface area contributed by atoms with Gasteiger partial charge in [0.2, 0.25) is 76.8 Å². The van der Waals surface area contributed by atoms with Gasteiger partial charge in [0.05, 0.1) is 31.4 Å². The van der Waals surface area contributed by atoms with Gasteiger partial charge in [-0.25, -0.2) is 4.79 Å². The zero-order valence-electron chi connectivity index (χ0n) is 62.7. The summed E-state index contributed by atoms with van der Waals surface area (Å²) >= 11 is 0. The van der Waals surface area contributed by atoms with Crippen LogP contribution in [0.2, 0.25) is 0 Å². The molecular formula is C70H109N21O19. The third kappa shape index (κ3) is 25.3. The molecule has 1 aromatic heterocycles. The van der Waals surface area contributed by atoms with Crippen molar-refractivity contribution in [1.29, 1.82) is 0 Å². The molecule has 1 aromatic carbocycles. The standard InChI is InChI=1S/C70H109N21O19/c1-6-37(3)54-64(104)79-45(60(100)80-46(31-40-17-9-8-10-18-40)66(106)89-27-14-21-49(89)62(102)81-47(69(109)110)33-53(95)96)32-41-35-88(87-86-41)30-24-44(77-57(97)42(76-52(94)34-72)20-13-26-75-70(73)74)59(99)85-56(39(5)93)65(105)78-43(19-11-12-25-71)58(98)82-48(36-92)61(101)84-55(38(4)7-2)68(108)91-29-16-23-51(91)67(107)90-28-15-22-50(90)63(103)83-54/h8-10,17-18,35,37-39,42-51,54-56,92-93H,6-7,11-16,19-34,36,71-72H2,1-5H3,(H,76,94)(H,77,97)(H,78,105)(H,79,104)(H,80,100)(H,81,102)(H,82,98)(H,83,103)(H,84,101)(H,85,99)(H,95,96)(H,109,110)(H4,73,74,75)/t37-,38-,39+,42-,43-,44?,45-,46-,47-,48?,49-,50-,51-,54-,55-,56?/m0/s1. The maximum Gasteiger partial charge on any atom is 0.326 e. The number of guanidine groups is 1. The van der Waals surface area contributed by atoms with Crippen LogP contribution in [0.1, 0.15) is 142 Å². The topological polar surface area (TPSA) is 614 Å². The number of carboxylic acids is 2. The molecule has 3 unspecified atom stereocenters. The highest BCUT2D eigenvalue weighted by molar-refractivity contribution is 6.01. The van der Waals surface area contributed by atoms with Gasteiger partial charge in [-0.15, -0.1) is 5.10 Å². The number of aromatic nitrogens is 3. The predicted octanol–water partition coefficient (Wildman–Crippen LogP) is -6.55. The van der Waals surface area contributed by atoms with Gasteiger partial charge < -0.3 is 111 Å². The largest absolute Gasteiger partial charge is 0.481 e. The molecule has 110 heavy (non-hydrogen) atoms. The summed E-state index contributed by atoms with van der Waals surface area (Å²) in [5, 5.41) is 75.4. The Hall–Kier alpha value is -10.5. The van der Waals surface area contributed by atoms with Crippen LogP contribution in [0.5, 0.6) is 0 Å².